The molecule has 1 atom stereocenters. The Morgan fingerprint density at radius 1 is 1.09 bits per heavy atom. The minimum absolute atomic E-state index is 0.396. The molecule has 0 saturated heterocycles. The summed E-state index contributed by atoms with van der Waals surface area (Å²) in [5.74, 6) is -0.529. The lowest BCUT2D eigenvalue weighted by Gasteiger charge is -2.22. The molecule has 2 heterocycles. The van der Waals surface area contributed by atoms with Crippen LogP contribution in [0.4, 0.5) is 0 Å². The average molecular weight is 290 g/mol. The van der Waals surface area contributed by atoms with Crippen molar-refractivity contribution < 1.29 is 9.53 Å². The highest BCUT2D eigenvalue weighted by atomic mass is 16.6. The monoisotopic (exact) mass is 290 g/mol. The number of pyridine rings is 1. The maximum absolute atomic E-state index is 12.5. The molecule has 2 aromatic heterocycles. The third-order valence-electron chi connectivity index (χ3n) is 3.61. The normalized spacial score (nSPS) is 13.3. The summed E-state index contributed by atoms with van der Waals surface area (Å²) in [5.41, 5.74) is 0.615. The van der Waals surface area contributed by atoms with Gasteiger partial charge >= 0.3 is 5.97 Å². The second kappa shape index (κ2) is 5.38. The van der Waals surface area contributed by atoms with Gasteiger partial charge in [-0.05, 0) is 31.2 Å². The van der Waals surface area contributed by atoms with E-state index in [1.54, 1.807) is 35.7 Å². The summed E-state index contributed by atoms with van der Waals surface area (Å²) in [6.45, 7) is 1.59. The molecular formula is C18H14N2O2. The second-order valence-electron chi connectivity index (χ2n) is 5.11. The number of aromatic nitrogens is 1. The van der Waals surface area contributed by atoms with Crippen LogP contribution in [-0.4, -0.2) is 10.4 Å². The van der Waals surface area contributed by atoms with Gasteiger partial charge in [0.15, 0.2) is 0 Å². The van der Waals surface area contributed by atoms with Gasteiger partial charge in [-0.15, -0.1) is 0 Å². The number of hydrogen-bond acceptors (Lipinski definition) is 3. The molecule has 4 nitrogen and oxygen atoms in total. The molecule has 1 aromatic carbocycles. The number of esters is 1. The average Bonchev–Trinajstić information content (AvgIpc) is 2.99. The summed E-state index contributed by atoms with van der Waals surface area (Å²) in [4.78, 5) is 12.5. The van der Waals surface area contributed by atoms with Crippen molar-refractivity contribution in [3.05, 3.63) is 78.1 Å². The van der Waals surface area contributed by atoms with Crippen molar-refractivity contribution in [1.82, 2.24) is 4.40 Å². The van der Waals surface area contributed by atoms with Gasteiger partial charge < -0.3 is 9.14 Å². The maximum Gasteiger partial charge on any atom is 0.357 e. The fourth-order valence-corrected chi connectivity index (χ4v) is 2.36. The fraction of sp³-hybridized carbons (Fsp3) is 0.111. The highest BCUT2D eigenvalue weighted by Gasteiger charge is 2.32. The number of nitriles is 1. The largest absolute Gasteiger partial charge is 0.435 e. The van der Waals surface area contributed by atoms with E-state index in [9.17, 15) is 10.1 Å². The first-order chi connectivity index (χ1) is 10.6. The van der Waals surface area contributed by atoms with Crippen molar-refractivity contribution in [1.29, 1.82) is 5.26 Å². The molecule has 0 spiro atoms. The topological polar surface area (TPSA) is 54.5 Å². The van der Waals surface area contributed by atoms with Gasteiger partial charge in [0.1, 0.15) is 11.8 Å². The smallest absolute Gasteiger partial charge is 0.357 e. The predicted octanol–water partition coefficient (Wildman–Crippen LogP) is 3.54. The molecule has 1 unspecified atom stereocenters. The van der Waals surface area contributed by atoms with Crippen LogP contribution in [0.25, 0.3) is 5.52 Å². The lowest BCUT2D eigenvalue weighted by atomic mass is 9.97. The van der Waals surface area contributed by atoms with Crippen LogP contribution in [0.2, 0.25) is 0 Å². The molecule has 0 bridgehead atoms. The third kappa shape index (κ3) is 2.33. The van der Waals surface area contributed by atoms with Gasteiger partial charge in [0.25, 0.3) is 0 Å². The van der Waals surface area contributed by atoms with Gasteiger partial charge in [-0.2, -0.15) is 5.26 Å². The van der Waals surface area contributed by atoms with Crippen LogP contribution in [0.5, 0.6) is 0 Å². The number of nitrogens with zero attached hydrogens (tertiary/aromatic N) is 2. The minimum Gasteiger partial charge on any atom is -0.435 e. The Kier molecular flexibility index (Phi) is 3.40. The van der Waals surface area contributed by atoms with E-state index in [4.69, 9.17) is 4.74 Å². The molecule has 3 aromatic rings. The molecule has 108 valence electrons. The Hall–Kier alpha value is -3.06. The van der Waals surface area contributed by atoms with Crippen LogP contribution in [0, 0.1) is 11.3 Å². The second-order valence-corrected chi connectivity index (χ2v) is 5.11. The van der Waals surface area contributed by atoms with E-state index in [1.807, 2.05) is 42.5 Å². The summed E-state index contributed by atoms with van der Waals surface area (Å²) >= 11 is 0. The van der Waals surface area contributed by atoms with Crippen molar-refractivity contribution in [3.63, 3.8) is 0 Å². The Balaban J connectivity index is 1.95. The Morgan fingerprint density at radius 3 is 2.55 bits per heavy atom. The summed E-state index contributed by atoms with van der Waals surface area (Å²) < 4.78 is 7.25. The van der Waals surface area contributed by atoms with E-state index in [1.165, 1.54) is 0 Å². The molecule has 0 amide bonds. The maximum atomic E-state index is 12.5. The molecule has 0 saturated carbocycles. The van der Waals surface area contributed by atoms with E-state index in [0.717, 1.165) is 5.52 Å². The van der Waals surface area contributed by atoms with Crippen molar-refractivity contribution in [2.75, 3.05) is 0 Å². The van der Waals surface area contributed by atoms with Crippen LogP contribution in [0.1, 0.15) is 23.0 Å². The number of carbonyl (C=O) groups excluding carboxylic acids is 1. The quantitative estimate of drug-likeness (QED) is 0.693. The van der Waals surface area contributed by atoms with Crippen LogP contribution in [0.15, 0.2) is 66.9 Å². The van der Waals surface area contributed by atoms with E-state index in [0.29, 0.717) is 11.3 Å². The lowest BCUT2D eigenvalue weighted by molar-refractivity contribution is 0.0113. The van der Waals surface area contributed by atoms with E-state index >= 15 is 0 Å². The fourth-order valence-electron chi connectivity index (χ4n) is 2.36. The van der Waals surface area contributed by atoms with Gasteiger partial charge in [0.05, 0.1) is 0 Å². The summed E-state index contributed by atoms with van der Waals surface area (Å²) in [6, 6.07) is 20.3. The number of benzene rings is 1. The van der Waals surface area contributed by atoms with Gasteiger partial charge in [0.2, 0.25) is 5.60 Å². The van der Waals surface area contributed by atoms with Gasteiger partial charge in [-0.3, -0.25) is 0 Å². The molecular weight excluding hydrogens is 276 g/mol. The molecule has 0 aliphatic heterocycles. The van der Waals surface area contributed by atoms with Gasteiger partial charge in [-0.25, -0.2) is 4.79 Å². The highest BCUT2D eigenvalue weighted by molar-refractivity contribution is 5.90. The molecule has 0 aliphatic carbocycles. The summed E-state index contributed by atoms with van der Waals surface area (Å²) in [7, 11) is 0. The first-order valence-electron chi connectivity index (χ1n) is 6.90. The SMILES string of the molecule is CC(C#N)(OC(=O)c1ccc2ccccn12)c1ccccc1. The zero-order valence-electron chi connectivity index (χ0n) is 12.1. The number of rotatable bonds is 3. The van der Waals surface area contributed by atoms with Gasteiger partial charge in [-0.1, -0.05) is 36.4 Å². The number of carbonyl (C=O) groups is 1. The Labute approximate surface area is 128 Å². The molecule has 22 heavy (non-hydrogen) atoms. The van der Waals surface area contributed by atoms with Gasteiger partial charge in [0, 0.05) is 17.3 Å². The van der Waals surface area contributed by atoms with Crippen LogP contribution in [-0.2, 0) is 10.3 Å². The van der Waals surface area contributed by atoms with Crippen molar-refractivity contribution in [3.8, 4) is 6.07 Å². The molecule has 0 N–H and O–H groups in total. The first-order valence-corrected chi connectivity index (χ1v) is 6.90. The zero-order valence-corrected chi connectivity index (χ0v) is 12.1. The zero-order chi connectivity index (χ0) is 15.6. The standard InChI is InChI=1S/C18H14N2O2/c1-18(13-19,14-7-3-2-4-8-14)22-17(21)16-11-10-15-9-5-6-12-20(15)16/h2-12H,1H3. The predicted molar refractivity (Wildman–Crippen MR) is 82.2 cm³/mol. The molecule has 4 heteroatoms. The molecule has 0 fully saturated rings. The van der Waals surface area contributed by atoms with Crippen LogP contribution < -0.4 is 0 Å². The highest BCUT2D eigenvalue weighted by Crippen LogP contribution is 2.26. The number of hydrogen-bond donors (Lipinski definition) is 0. The van der Waals surface area contributed by atoms with Crippen molar-refractivity contribution in [2.45, 2.75) is 12.5 Å². The summed E-state index contributed by atoms with van der Waals surface area (Å²) in [6.07, 6.45) is 1.79. The van der Waals surface area contributed by atoms with E-state index in [-0.39, 0.29) is 0 Å². The summed E-state index contributed by atoms with van der Waals surface area (Å²) in [5, 5.41) is 9.46. The molecule has 0 radical (unpaired) electrons. The Morgan fingerprint density at radius 2 is 1.82 bits per heavy atom. The third-order valence-corrected chi connectivity index (χ3v) is 3.61. The van der Waals surface area contributed by atoms with E-state index < -0.39 is 11.6 Å². The lowest BCUT2D eigenvalue weighted by Crippen LogP contribution is -2.28. The number of fused-ring (bicyclic) bond motifs is 1. The van der Waals surface area contributed by atoms with Crippen LogP contribution >= 0.6 is 0 Å². The first kappa shape index (κ1) is 13.9. The molecule has 0 aliphatic rings. The Bertz CT molecular complexity index is 861. The van der Waals surface area contributed by atoms with Crippen LogP contribution in [0.3, 0.4) is 0 Å². The minimum atomic E-state index is -1.32. The van der Waals surface area contributed by atoms with Crippen molar-refractivity contribution in [2.24, 2.45) is 0 Å². The van der Waals surface area contributed by atoms with E-state index in [2.05, 4.69) is 6.07 Å². The number of ether oxygens (including phenoxy) is 1. The molecule has 3 rings (SSSR count). The van der Waals surface area contributed by atoms with Crippen molar-refractivity contribution >= 4 is 11.5 Å².